The Balaban J connectivity index is 1.42. The molecular formula is C20H27N5O. The van der Waals surface area contributed by atoms with Crippen molar-refractivity contribution >= 4 is 11.8 Å². The second-order valence-electron chi connectivity index (χ2n) is 7.78. The van der Waals surface area contributed by atoms with Crippen LogP contribution in [-0.2, 0) is 20.0 Å². The first-order valence-electron chi connectivity index (χ1n) is 9.59. The summed E-state index contributed by atoms with van der Waals surface area (Å²) in [5.41, 5.74) is 3.55. The van der Waals surface area contributed by atoms with Gasteiger partial charge in [0.05, 0.1) is 12.2 Å². The molecule has 1 saturated carbocycles. The molecule has 2 aromatic heterocycles. The summed E-state index contributed by atoms with van der Waals surface area (Å²) < 4.78 is 2.19. The van der Waals surface area contributed by atoms with Gasteiger partial charge in [0.2, 0.25) is 0 Å². The van der Waals surface area contributed by atoms with E-state index in [2.05, 4.69) is 41.8 Å². The van der Waals surface area contributed by atoms with E-state index in [4.69, 9.17) is 4.98 Å². The summed E-state index contributed by atoms with van der Waals surface area (Å²) in [6, 6.07) is 3.91. The van der Waals surface area contributed by atoms with Crippen LogP contribution in [0.5, 0.6) is 0 Å². The number of carbonyl (C=O) groups excluding carboxylic acids is 1. The Bertz CT molecular complexity index is 804. The van der Waals surface area contributed by atoms with E-state index in [1.54, 1.807) is 0 Å². The molecule has 0 saturated heterocycles. The van der Waals surface area contributed by atoms with Crippen molar-refractivity contribution in [3.8, 4) is 0 Å². The minimum absolute atomic E-state index is 0.101. The third-order valence-corrected chi connectivity index (χ3v) is 5.69. The lowest BCUT2D eigenvalue weighted by Gasteiger charge is -2.27. The van der Waals surface area contributed by atoms with Gasteiger partial charge < -0.3 is 9.47 Å². The van der Waals surface area contributed by atoms with Crippen LogP contribution in [0.2, 0.25) is 0 Å². The number of pyridine rings is 1. The SMILES string of the molecule is CC(C)c1nc2c(n1C)CCN(C(=O)Nc1ccc(C3CCC3)cn1)C2. The van der Waals surface area contributed by atoms with E-state index in [1.807, 2.05) is 17.2 Å². The van der Waals surface area contributed by atoms with Gasteiger partial charge in [0, 0.05) is 37.8 Å². The van der Waals surface area contributed by atoms with Crippen molar-refractivity contribution in [2.45, 2.75) is 57.9 Å². The monoisotopic (exact) mass is 353 g/mol. The lowest BCUT2D eigenvalue weighted by Crippen LogP contribution is -2.39. The van der Waals surface area contributed by atoms with Crippen LogP contribution in [0.3, 0.4) is 0 Å². The van der Waals surface area contributed by atoms with Crippen molar-refractivity contribution in [2.75, 3.05) is 11.9 Å². The lowest BCUT2D eigenvalue weighted by atomic mass is 9.81. The number of rotatable bonds is 3. The van der Waals surface area contributed by atoms with Gasteiger partial charge in [-0.05, 0) is 30.4 Å². The van der Waals surface area contributed by atoms with Crippen molar-refractivity contribution in [3.05, 3.63) is 41.1 Å². The molecule has 138 valence electrons. The van der Waals surface area contributed by atoms with Crippen LogP contribution in [0.4, 0.5) is 10.6 Å². The number of imidazole rings is 1. The molecule has 0 unspecified atom stereocenters. The molecule has 1 aliphatic heterocycles. The largest absolute Gasteiger partial charge is 0.334 e. The number of hydrogen-bond acceptors (Lipinski definition) is 3. The van der Waals surface area contributed by atoms with Crippen LogP contribution in [0.1, 0.15) is 67.7 Å². The normalized spacial score (nSPS) is 17.2. The smallest absolute Gasteiger partial charge is 0.323 e. The number of urea groups is 1. The minimum atomic E-state index is -0.101. The first-order chi connectivity index (χ1) is 12.5. The van der Waals surface area contributed by atoms with Gasteiger partial charge in [-0.1, -0.05) is 26.3 Å². The molecule has 2 amide bonds. The molecule has 6 heteroatoms. The highest BCUT2D eigenvalue weighted by molar-refractivity contribution is 5.88. The fraction of sp³-hybridized carbons (Fsp3) is 0.550. The number of aromatic nitrogens is 3. The summed E-state index contributed by atoms with van der Waals surface area (Å²) in [7, 11) is 2.07. The quantitative estimate of drug-likeness (QED) is 0.913. The Kier molecular flexibility index (Phi) is 4.42. The van der Waals surface area contributed by atoms with Gasteiger partial charge >= 0.3 is 6.03 Å². The van der Waals surface area contributed by atoms with Gasteiger partial charge in [0.15, 0.2) is 0 Å². The van der Waals surface area contributed by atoms with Crippen molar-refractivity contribution < 1.29 is 4.79 Å². The third-order valence-electron chi connectivity index (χ3n) is 5.69. The molecule has 4 rings (SSSR count). The molecule has 1 aliphatic carbocycles. The lowest BCUT2D eigenvalue weighted by molar-refractivity contribution is 0.205. The van der Waals surface area contributed by atoms with Gasteiger partial charge in [0.25, 0.3) is 0 Å². The Labute approximate surface area is 154 Å². The summed E-state index contributed by atoms with van der Waals surface area (Å²) >= 11 is 0. The minimum Gasteiger partial charge on any atom is -0.334 e. The van der Waals surface area contributed by atoms with Crippen LogP contribution in [0, 0.1) is 0 Å². The van der Waals surface area contributed by atoms with Crippen LogP contribution in [0.15, 0.2) is 18.3 Å². The van der Waals surface area contributed by atoms with E-state index in [0.29, 0.717) is 30.7 Å². The Morgan fingerprint density at radius 3 is 2.73 bits per heavy atom. The van der Waals surface area contributed by atoms with Gasteiger partial charge in [-0.25, -0.2) is 14.8 Å². The predicted molar refractivity (Wildman–Crippen MR) is 101 cm³/mol. The van der Waals surface area contributed by atoms with Crippen molar-refractivity contribution in [3.63, 3.8) is 0 Å². The third kappa shape index (κ3) is 3.08. The summed E-state index contributed by atoms with van der Waals surface area (Å²) in [4.78, 5) is 23.6. The number of amides is 2. The number of nitrogens with one attached hydrogen (secondary N) is 1. The summed E-state index contributed by atoms with van der Waals surface area (Å²) in [6.07, 6.45) is 6.57. The van der Waals surface area contributed by atoms with E-state index in [9.17, 15) is 4.79 Å². The molecule has 2 aromatic rings. The zero-order chi connectivity index (χ0) is 18.3. The highest BCUT2D eigenvalue weighted by Crippen LogP contribution is 2.36. The maximum atomic E-state index is 12.6. The zero-order valence-electron chi connectivity index (χ0n) is 15.8. The number of hydrogen-bond donors (Lipinski definition) is 1. The molecule has 0 spiro atoms. The second-order valence-corrected chi connectivity index (χ2v) is 7.78. The molecule has 1 fully saturated rings. The maximum absolute atomic E-state index is 12.6. The van der Waals surface area contributed by atoms with Crippen molar-refractivity contribution in [1.29, 1.82) is 0 Å². The number of carbonyl (C=O) groups is 1. The van der Waals surface area contributed by atoms with Crippen LogP contribution < -0.4 is 5.32 Å². The zero-order valence-corrected chi connectivity index (χ0v) is 15.8. The number of fused-ring (bicyclic) bond motifs is 1. The Morgan fingerprint density at radius 2 is 2.12 bits per heavy atom. The average molecular weight is 353 g/mol. The number of nitrogens with zero attached hydrogens (tertiary/aromatic N) is 4. The Morgan fingerprint density at radius 1 is 1.31 bits per heavy atom. The van der Waals surface area contributed by atoms with Gasteiger partial charge in [-0.15, -0.1) is 0 Å². The standard InChI is InChI=1S/C20H27N5O/c1-13(2)19-22-16-12-25(10-9-17(16)24(19)3)20(26)23-18-8-7-15(11-21-18)14-5-4-6-14/h7-8,11,13-14H,4-6,9-10,12H2,1-3H3,(H,21,23,26). The predicted octanol–water partition coefficient (Wildman–Crippen LogP) is 3.80. The molecule has 3 heterocycles. The van der Waals surface area contributed by atoms with Crippen LogP contribution in [0.25, 0.3) is 0 Å². The fourth-order valence-electron chi connectivity index (χ4n) is 3.89. The van der Waals surface area contributed by atoms with E-state index in [0.717, 1.165) is 17.9 Å². The van der Waals surface area contributed by atoms with Gasteiger partial charge in [0.1, 0.15) is 11.6 Å². The Hall–Kier alpha value is -2.37. The van der Waals surface area contributed by atoms with E-state index in [1.165, 1.54) is 30.5 Å². The molecule has 2 aliphatic rings. The van der Waals surface area contributed by atoms with Gasteiger partial charge in [-0.2, -0.15) is 0 Å². The van der Waals surface area contributed by atoms with E-state index < -0.39 is 0 Å². The molecule has 0 atom stereocenters. The maximum Gasteiger partial charge on any atom is 0.323 e. The molecule has 0 radical (unpaired) electrons. The fourth-order valence-corrected chi connectivity index (χ4v) is 3.89. The highest BCUT2D eigenvalue weighted by Gasteiger charge is 2.26. The molecule has 6 nitrogen and oxygen atoms in total. The topological polar surface area (TPSA) is 63.1 Å². The molecule has 1 N–H and O–H groups in total. The second kappa shape index (κ2) is 6.74. The first kappa shape index (κ1) is 17.1. The van der Waals surface area contributed by atoms with Crippen LogP contribution >= 0.6 is 0 Å². The van der Waals surface area contributed by atoms with E-state index in [-0.39, 0.29) is 6.03 Å². The first-order valence-corrected chi connectivity index (χ1v) is 9.59. The highest BCUT2D eigenvalue weighted by atomic mass is 16.2. The van der Waals surface area contributed by atoms with E-state index >= 15 is 0 Å². The molecule has 26 heavy (non-hydrogen) atoms. The average Bonchev–Trinajstić information content (AvgIpc) is 2.91. The molecule has 0 aromatic carbocycles. The molecule has 0 bridgehead atoms. The van der Waals surface area contributed by atoms with Crippen LogP contribution in [-0.4, -0.2) is 32.0 Å². The summed E-state index contributed by atoms with van der Waals surface area (Å²) in [5, 5.41) is 2.93. The van der Waals surface area contributed by atoms with Crippen molar-refractivity contribution in [1.82, 2.24) is 19.4 Å². The number of anilines is 1. The van der Waals surface area contributed by atoms with Gasteiger partial charge in [-0.3, -0.25) is 5.32 Å². The van der Waals surface area contributed by atoms with Crippen molar-refractivity contribution in [2.24, 2.45) is 7.05 Å². The molecular weight excluding hydrogens is 326 g/mol. The summed E-state index contributed by atoms with van der Waals surface area (Å²) in [6.45, 7) is 5.56. The summed E-state index contributed by atoms with van der Waals surface area (Å²) in [5.74, 6) is 2.75.